The smallest absolute Gasteiger partial charge is 0.329 e. The molecule has 119 heavy (non-hydrogen) atoms. The summed E-state index contributed by atoms with van der Waals surface area (Å²) in [4.78, 5) is 277. The third kappa shape index (κ3) is 34.8. The molecule has 2 aromatic carbocycles. The topological polar surface area (TPSA) is 714 Å². The number of aliphatic carboxylic acids is 4. The number of carbonyl (C=O) groups is 20. The van der Waals surface area contributed by atoms with Crippen LogP contribution in [0.2, 0.25) is 0 Å². The fraction of sp³-hybridized carbons (Fsp3) is 0.547. The number of unbranched alkanes of at least 4 members (excludes halogenated alkanes) is 9. The summed E-state index contributed by atoms with van der Waals surface area (Å²) in [5.41, 5.74) is 18.1. The number of hydrogen-bond acceptors (Lipinski definition) is 24. The molecule has 0 spiro atoms. The van der Waals surface area contributed by atoms with E-state index in [1.807, 2.05) is 16.0 Å². The van der Waals surface area contributed by atoms with Gasteiger partial charge in [-0.25, -0.2) is 9.59 Å². The lowest BCUT2D eigenvalue weighted by atomic mass is 9.96. The number of hydrogen-bond donors (Lipinski definition) is 23. The number of carbonyl (C=O) groups excluding carboxylic acids is 16. The lowest BCUT2D eigenvalue weighted by Crippen LogP contribution is -2.62. The Labute approximate surface area is 682 Å². The number of nitrogen functional groups attached to an aromatic ring is 1. The number of nitrogens with two attached hydrogens (primary N) is 3. The van der Waals surface area contributed by atoms with Gasteiger partial charge in [0.1, 0.15) is 72.6 Å². The van der Waals surface area contributed by atoms with Crippen molar-refractivity contribution >= 4 is 135 Å². The highest BCUT2D eigenvalue weighted by Crippen LogP contribution is 2.21. The summed E-state index contributed by atoms with van der Waals surface area (Å²) in [7, 11) is 0. The molecule has 654 valence electrons. The highest BCUT2D eigenvalue weighted by molar-refractivity contribution is 6.05. The Hall–Kier alpha value is -12.9. The van der Waals surface area contributed by atoms with E-state index in [0.29, 0.717) is 22.9 Å². The van der Waals surface area contributed by atoms with Gasteiger partial charge in [0.25, 0.3) is 0 Å². The maximum Gasteiger partial charge on any atom is 0.329 e. The van der Waals surface area contributed by atoms with Gasteiger partial charge in [-0.1, -0.05) is 102 Å². The number of Topliss-reactive ketones (excluding diaryl/α,β-unsaturated/α-hetero) is 1. The van der Waals surface area contributed by atoms with Crippen molar-refractivity contribution in [3.8, 4) is 0 Å². The van der Waals surface area contributed by atoms with Crippen LogP contribution in [-0.4, -0.2) is 254 Å². The van der Waals surface area contributed by atoms with Crippen LogP contribution in [0.1, 0.15) is 159 Å². The number of aliphatic hydroxyl groups is 1. The summed E-state index contributed by atoms with van der Waals surface area (Å²) in [5.74, 6) is -29.3. The molecule has 1 unspecified atom stereocenters. The zero-order chi connectivity index (χ0) is 88.6. The molecule has 2 heterocycles. The average molecular weight is 1680 g/mol. The van der Waals surface area contributed by atoms with Gasteiger partial charge in [0.15, 0.2) is 5.78 Å². The lowest BCUT2D eigenvalue weighted by molar-refractivity contribution is -0.156. The van der Waals surface area contributed by atoms with Crippen molar-refractivity contribution in [2.45, 2.75) is 222 Å². The molecule has 0 saturated carbocycles. The molecule has 44 nitrogen and oxygen atoms in total. The van der Waals surface area contributed by atoms with Crippen LogP contribution < -0.4 is 91.6 Å². The van der Waals surface area contributed by atoms with E-state index in [1.165, 1.54) is 37.1 Å². The number of carboxylic acids is 4. The van der Waals surface area contributed by atoms with E-state index in [-0.39, 0.29) is 37.2 Å². The van der Waals surface area contributed by atoms with Gasteiger partial charge >= 0.3 is 35.9 Å². The number of ether oxygens (including phenoxy) is 1. The van der Waals surface area contributed by atoms with Crippen LogP contribution in [-0.2, 0) is 97.5 Å². The minimum Gasteiger partial charge on any atom is -0.481 e. The number of nitrogens with one attached hydrogen (secondary N) is 15. The Bertz CT molecular complexity index is 4120. The number of aromatic nitrogens is 1. The minimum atomic E-state index is -2.46. The van der Waals surface area contributed by atoms with Gasteiger partial charge in [-0.3, -0.25) is 86.3 Å². The van der Waals surface area contributed by atoms with Gasteiger partial charge in [-0.05, 0) is 69.3 Å². The number of carboxylic acid groups (broad SMARTS) is 4. The normalized spacial score (nSPS) is 20.8. The third-order valence-corrected chi connectivity index (χ3v) is 18.6. The van der Waals surface area contributed by atoms with E-state index in [9.17, 15) is 121 Å². The summed E-state index contributed by atoms with van der Waals surface area (Å²) < 4.78 is 5.69. The monoisotopic (exact) mass is 1680 g/mol. The van der Waals surface area contributed by atoms with Crippen LogP contribution in [0.4, 0.5) is 10.5 Å². The minimum absolute atomic E-state index is 0.0957. The number of fused-ring (bicyclic) bond motifs is 1. The molecule has 1 saturated heterocycles. The first-order valence-corrected chi connectivity index (χ1v) is 38.6. The standard InChI is InChI=1S/C75H108N18O26/c1-5-6-7-8-9-10-11-12-13-18-26-79-75(118)91-47(28-41-34-80-45-23-17-15-20-42(41)45)68(111)87-48(30-55(78)96)69(112)89-51(33-61(105)106)70(113)93-63-40(4)119-74(117)52(29-54(95)43-21-14-16-22-44(43)77)90-73(116)62(38(2)27-58(99)100)92-71(114)53(37-94)85-57(98)35-81-65(108)49(31-59(101)102)86-64(107)39(3)83-67(110)50(32-60(103)104)88-66(109)46(24-19-25-76)84-56(97)36-82-72(63)115/h14-17,20-23,34,38-40,46-53,62-63,80,94H,5-13,18-19,24-33,35-37,76-77H2,1-4H3,(H2,78,96)(H,81,108)(H,82,115)(H,83,110)(H,84,97)(H,85,98)(H,86,107)(H,87,111)(H,88,109)(H,89,112)(H,90,116)(H,92,114)(H,93,113)(H,99,100)(H,101,102)(H,103,104)(H,105,106)(H2,79,91,118)/t38?,39-,40-,46+,47+,48+,49+,50+,51+,52+,53-,62+,63+/m1/s1. The summed E-state index contributed by atoms with van der Waals surface area (Å²) >= 11 is 0. The maximum atomic E-state index is 14.9. The second-order valence-electron chi connectivity index (χ2n) is 28.4. The molecule has 44 heteroatoms. The molecule has 26 N–H and O–H groups in total. The van der Waals surface area contributed by atoms with Crippen molar-refractivity contribution in [3.63, 3.8) is 0 Å². The van der Waals surface area contributed by atoms with Crippen molar-refractivity contribution < 1.29 is 126 Å². The number of aliphatic hydroxyl groups excluding tert-OH is 1. The van der Waals surface area contributed by atoms with E-state index < -0.39 is 262 Å². The molecule has 0 radical (unpaired) electrons. The number of aromatic amines is 1. The van der Waals surface area contributed by atoms with Crippen molar-refractivity contribution in [2.24, 2.45) is 17.4 Å². The Balaban J connectivity index is 1.84. The Morgan fingerprint density at radius 2 is 1.07 bits per heavy atom. The molecule has 0 aliphatic carbocycles. The van der Waals surface area contributed by atoms with Crippen molar-refractivity contribution in [3.05, 3.63) is 65.9 Å². The SMILES string of the molecule is CCCCCCCCCCCCNC(=O)N[C@@H](Cc1c[nH]c2ccccc12)C(=O)N[C@@H](CC(N)=O)C(=O)N[C@@H](CC(=O)O)C(=O)N[C@@H]1C(=O)NCC(=O)N[C@@H](CCCN)C(=O)N[C@@H](CC(=O)O)C(=O)N[C@H](C)C(=O)N[C@@H](CC(=O)O)C(=O)NCC(=O)N[C@H](CO)C(=O)N[C@@H](C(C)CC(=O)O)C(=O)N[C@@H](CC(=O)c2ccccc2N)C(=O)O[C@@H]1C. The van der Waals surface area contributed by atoms with Crippen molar-refractivity contribution in [1.29, 1.82) is 0 Å². The number of H-pyrrole nitrogens is 1. The van der Waals surface area contributed by atoms with Gasteiger partial charge < -0.3 is 127 Å². The lowest BCUT2D eigenvalue weighted by Gasteiger charge is -2.30. The highest BCUT2D eigenvalue weighted by atomic mass is 16.5. The Morgan fingerprint density at radius 1 is 0.538 bits per heavy atom. The zero-order valence-electron chi connectivity index (χ0n) is 66.2. The zero-order valence-corrected chi connectivity index (χ0v) is 66.2. The number of amides is 15. The third-order valence-electron chi connectivity index (χ3n) is 18.6. The molecule has 1 aromatic heterocycles. The fourth-order valence-corrected chi connectivity index (χ4v) is 12.2. The van der Waals surface area contributed by atoms with Gasteiger partial charge in [-0.2, -0.15) is 0 Å². The molecule has 0 bridgehead atoms. The quantitative estimate of drug-likeness (QED) is 0.0111. The van der Waals surface area contributed by atoms with Gasteiger partial charge in [0.2, 0.25) is 76.8 Å². The van der Waals surface area contributed by atoms with Crippen LogP contribution in [0.5, 0.6) is 0 Å². The predicted octanol–water partition coefficient (Wildman–Crippen LogP) is -4.66. The van der Waals surface area contributed by atoms with Crippen LogP contribution in [0.15, 0.2) is 54.7 Å². The molecule has 3 aromatic rings. The van der Waals surface area contributed by atoms with Crippen LogP contribution >= 0.6 is 0 Å². The van der Waals surface area contributed by atoms with Crippen molar-refractivity contribution in [2.75, 3.05) is 38.5 Å². The van der Waals surface area contributed by atoms with Gasteiger partial charge in [0, 0.05) is 47.7 Å². The predicted molar refractivity (Wildman–Crippen MR) is 418 cm³/mol. The average Bonchev–Trinajstić information content (AvgIpc) is 1.80. The summed E-state index contributed by atoms with van der Waals surface area (Å²) in [5, 5.41) is 81.3. The second kappa shape index (κ2) is 50.6. The number of ketones is 1. The molecule has 1 aliphatic heterocycles. The number of primary amides is 1. The number of anilines is 1. The molecular weight excluding hydrogens is 1570 g/mol. The van der Waals surface area contributed by atoms with Gasteiger partial charge in [-0.15, -0.1) is 0 Å². The first-order valence-electron chi connectivity index (χ1n) is 38.6. The maximum absolute atomic E-state index is 14.9. The number of cyclic esters (lactones) is 1. The number of rotatable bonds is 38. The Morgan fingerprint density at radius 3 is 1.66 bits per heavy atom. The Kier molecular flexibility index (Phi) is 41.8. The highest BCUT2D eigenvalue weighted by Gasteiger charge is 2.41. The van der Waals surface area contributed by atoms with E-state index in [4.69, 9.17) is 21.9 Å². The number of para-hydroxylation sites is 2. The van der Waals surface area contributed by atoms with E-state index in [1.54, 1.807) is 30.5 Å². The second-order valence-corrected chi connectivity index (χ2v) is 28.4. The van der Waals surface area contributed by atoms with E-state index in [0.717, 1.165) is 65.7 Å². The van der Waals surface area contributed by atoms with Crippen LogP contribution in [0.3, 0.4) is 0 Å². The molecule has 13 atom stereocenters. The number of benzene rings is 2. The molecule has 15 amide bonds. The van der Waals surface area contributed by atoms with Crippen LogP contribution in [0.25, 0.3) is 10.9 Å². The first-order chi connectivity index (χ1) is 56.4. The number of urea groups is 1. The van der Waals surface area contributed by atoms with E-state index >= 15 is 0 Å². The largest absolute Gasteiger partial charge is 0.481 e. The molecule has 1 fully saturated rings. The molecular formula is C75H108N18O26. The van der Waals surface area contributed by atoms with Gasteiger partial charge in [0.05, 0.1) is 51.8 Å². The molecule has 1 aliphatic rings. The van der Waals surface area contributed by atoms with E-state index in [2.05, 4.69) is 70.4 Å². The summed E-state index contributed by atoms with van der Waals surface area (Å²) in [6.45, 7) is 1.38. The van der Waals surface area contributed by atoms with Crippen LogP contribution in [0, 0.1) is 5.92 Å². The summed E-state index contributed by atoms with van der Waals surface area (Å²) in [6, 6.07) is -11.5. The van der Waals surface area contributed by atoms with Crippen molar-refractivity contribution in [1.82, 2.24) is 79.4 Å². The summed E-state index contributed by atoms with van der Waals surface area (Å²) in [6.07, 6.45) is 1.71. The molecule has 4 rings (SSSR count). The number of esters is 1. The first kappa shape index (κ1) is 98.5. The fourth-order valence-electron chi connectivity index (χ4n) is 12.2.